The molecular weight excluding hydrogens is 340 g/mol. The summed E-state index contributed by atoms with van der Waals surface area (Å²) in [6.07, 6.45) is 8.08. The first-order valence-corrected chi connectivity index (χ1v) is 8.82. The molecule has 0 atom stereocenters. The summed E-state index contributed by atoms with van der Waals surface area (Å²) >= 11 is 0. The Balaban J connectivity index is 1.34. The molecule has 4 amide bonds. The Morgan fingerprint density at radius 2 is 0.846 bits per heavy atom. The fraction of sp³-hybridized carbons (Fsp3) is 0.556. The van der Waals surface area contributed by atoms with E-state index in [2.05, 4.69) is 0 Å². The van der Waals surface area contributed by atoms with Crippen molar-refractivity contribution in [2.45, 2.75) is 25.7 Å². The van der Waals surface area contributed by atoms with Gasteiger partial charge in [-0.25, -0.2) is 0 Å². The van der Waals surface area contributed by atoms with Crippen LogP contribution in [0.15, 0.2) is 24.3 Å². The van der Waals surface area contributed by atoms with Gasteiger partial charge in [-0.1, -0.05) is 0 Å². The first-order chi connectivity index (χ1) is 12.6. The van der Waals surface area contributed by atoms with Gasteiger partial charge in [0.2, 0.25) is 0 Å². The van der Waals surface area contributed by atoms with Gasteiger partial charge in [0.15, 0.2) is 0 Å². The van der Waals surface area contributed by atoms with Crippen molar-refractivity contribution in [3.63, 3.8) is 0 Å². The van der Waals surface area contributed by atoms with Crippen LogP contribution in [0, 0.1) is 0 Å². The molecular formula is C18H24N2O6. The van der Waals surface area contributed by atoms with E-state index in [-0.39, 0.29) is 23.6 Å². The zero-order valence-corrected chi connectivity index (χ0v) is 14.7. The van der Waals surface area contributed by atoms with Crippen molar-refractivity contribution in [1.82, 2.24) is 9.80 Å². The van der Waals surface area contributed by atoms with Crippen molar-refractivity contribution in [2.75, 3.05) is 39.5 Å². The van der Waals surface area contributed by atoms with Gasteiger partial charge in [0.25, 0.3) is 23.6 Å². The normalized spacial score (nSPS) is 16.6. The minimum absolute atomic E-state index is 0.262. The number of nitrogens with zero attached hydrogens (tertiary/aromatic N) is 2. The number of amides is 4. The molecule has 0 radical (unpaired) electrons. The van der Waals surface area contributed by atoms with Gasteiger partial charge in [0, 0.05) is 63.8 Å². The van der Waals surface area contributed by atoms with Crippen LogP contribution in [0.1, 0.15) is 25.7 Å². The molecule has 0 bridgehead atoms. The van der Waals surface area contributed by atoms with Gasteiger partial charge < -0.3 is 9.47 Å². The summed E-state index contributed by atoms with van der Waals surface area (Å²) in [6.45, 7) is 2.97. The second-order valence-electron chi connectivity index (χ2n) is 5.96. The lowest BCUT2D eigenvalue weighted by molar-refractivity contribution is -0.138. The fourth-order valence-electron chi connectivity index (χ4n) is 2.56. The van der Waals surface area contributed by atoms with Crippen molar-refractivity contribution in [3.8, 4) is 0 Å². The molecule has 0 aromatic heterocycles. The molecule has 0 N–H and O–H groups in total. The van der Waals surface area contributed by atoms with E-state index in [0.717, 1.165) is 12.8 Å². The van der Waals surface area contributed by atoms with Gasteiger partial charge in [-0.2, -0.15) is 0 Å². The number of unbranched alkanes of at least 4 members (excludes halogenated alkanes) is 1. The summed E-state index contributed by atoms with van der Waals surface area (Å²) in [4.78, 5) is 47.7. The molecule has 8 heteroatoms. The predicted octanol–water partition coefficient (Wildman–Crippen LogP) is 0.430. The van der Waals surface area contributed by atoms with E-state index in [1.54, 1.807) is 0 Å². The molecule has 0 saturated heterocycles. The lowest BCUT2D eigenvalue weighted by Gasteiger charge is -2.13. The molecule has 2 rings (SSSR count). The molecule has 2 aliphatic heterocycles. The zero-order valence-electron chi connectivity index (χ0n) is 14.7. The van der Waals surface area contributed by atoms with E-state index in [0.29, 0.717) is 52.4 Å². The van der Waals surface area contributed by atoms with Crippen LogP contribution >= 0.6 is 0 Å². The number of carbonyl (C=O) groups is 4. The van der Waals surface area contributed by atoms with E-state index >= 15 is 0 Å². The number of imide groups is 2. The summed E-state index contributed by atoms with van der Waals surface area (Å²) in [5.74, 6) is -1.05. The summed E-state index contributed by atoms with van der Waals surface area (Å²) < 4.78 is 10.9. The van der Waals surface area contributed by atoms with Crippen molar-refractivity contribution in [2.24, 2.45) is 0 Å². The topological polar surface area (TPSA) is 93.2 Å². The Morgan fingerprint density at radius 1 is 0.538 bits per heavy atom. The molecule has 0 aliphatic carbocycles. The van der Waals surface area contributed by atoms with Gasteiger partial charge in [-0.05, 0) is 25.7 Å². The van der Waals surface area contributed by atoms with Crippen LogP contribution in [0.25, 0.3) is 0 Å². The van der Waals surface area contributed by atoms with Crippen LogP contribution in [0.4, 0.5) is 0 Å². The molecule has 0 spiro atoms. The Bertz CT molecular complexity index is 510. The van der Waals surface area contributed by atoms with E-state index in [1.165, 1.54) is 34.1 Å². The van der Waals surface area contributed by atoms with Crippen molar-refractivity contribution >= 4 is 23.6 Å². The number of hydrogen-bond acceptors (Lipinski definition) is 6. The smallest absolute Gasteiger partial charge is 0.253 e. The SMILES string of the molecule is O=C1C=CC(=O)N1CCCOCCCCOCCCN1C(=O)C=CC1=O. The van der Waals surface area contributed by atoms with Crippen LogP contribution in [0.2, 0.25) is 0 Å². The molecule has 0 aromatic rings. The van der Waals surface area contributed by atoms with Gasteiger partial charge in [0.05, 0.1) is 0 Å². The summed E-state index contributed by atoms with van der Waals surface area (Å²) in [5, 5.41) is 0. The van der Waals surface area contributed by atoms with Crippen LogP contribution in [-0.2, 0) is 28.7 Å². The number of carbonyl (C=O) groups excluding carboxylic acids is 4. The molecule has 8 nitrogen and oxygen atoms in total. The van der Waals surface area contributed by atoms with Gasteiger partial charge in [0.1, 0.15) is 0 Å². The van der Waals surface area contributed by atoms with Crippen molar-refractivity contribution in [1.29, 1.82) is 0 Å². The number of hydrogen-bond donors (Lipinski definition) is 0. The molecule has 0 unspecified atom stereocenters. The molecule has 2 heterocycles. The van der Waals surface area contributed by atoms with Crippen LogP contribution in [-0.4, -0.2) is 72.9 Å². The molecule has 142 valence electrons. The maximum atomic E-state index is 11.3. The second kappa shape index (κ2) is 10.6. The Labute approximate surface area is 152 Å². The van der Waals surface area contributed by atoms with Crippen LogP contribution < -0.4 is 0 Å². The Morgan fingerprint density at radius 3 is 1.19 bits per heavy atom. The maximum Gasteiger partial charge on any atom is 0.253 e. The summed E-state index contributed by atoms with van der Waals surface area (Å²) in [6, 6.07) is 0. The molecule has 0 fully saturated rings. The van der Waals surface area contributed by atoms with E-state index in [9.17, 15) is 19.2 Å². The van der Waals surface area contributed by atoms with Crippen molar-refractivity contribution < 1.29 is 28.7 Å². The first-order valence-electron chi connectivity index (χ1n) is 8.82. The third-order valence-electron chi connectivity index (χ3n) is 3.97. The standard InChI is InChI=1S/C18H24N2O6/c21-15-5-6-16(22)19(15)9-3-13-25-11-1-2-12-26-14-4-10-20-17(23)7-8-18(20)24/h5-8H,1-4,9-14H2. The Hall–Kier alpha value is -2.32. The second-order valence-corrected chi connectivity index (χ2v) is 5.96. The highest BCUT2D eigenvalue weighted by atomic mass is 16.5. The van der Waals surface area contributed by atoms with Crippen LogP contribution in [0.3, 0.4) is 0 Å². The minimum atomic E-state index is -0.262. The van der Waals surface area contributed by atoms with Gasteiger partial charge in [-0.15, -0.1) is 0 Å². The van der Waals surface area contributed by atoms with E-state index < -0.39 is 0 Å². The predicted molar refractivity (Wildman–Crippen MR) is 91.8 cm³/mol. The highest BCUT2D eigenvalue weighted by Crippen LogP contribution is 2.05. The average molecular weight is 364 g/mol. The third-order valence-corrected chi connectivity index (χ3v) is 3.97. The summed E-state index contributed by atoms with van der Waals surface area (Å²) in [5.41, 5.74) is 0. The fourth-order valence-corrected chi connectivity index (χ4v) is 2.56. The van der Waals surface area contributed by atoms with E-state index in [1.807, 2.05) is 0 Å². The highest BCUT2D eigenvalue weighted by molar-refractivity contribution is 6.13. The maximum absolute atomic E-state index is 11.3. The monoisotopic (exact) mass is 364 g/mol. The number of rotatable bonds is 13. The lowest BCUT2D eigenvalue weighted by Crippen LogP contribution is -2.31. The highest BCUT2D eigenvalue weighted by Gasteiger charge is 2.22. The number of ether oxygens (including phenoxy) is 2. The largest absolute Gasteiger partial charge is 0.381 e. The van der Waals surface area contributed by atoms with Gasteiger partial charge >= 0.3 is 0 Å². The quantitative estimate of drug-likeness (QED) is 0.348. The minimum Gasteiger partial charge on any atom is -0.381 e. The van der Waals surface area contributed by atoms with Crippen LogP contribution in [0.5, 0.6) is 0 Å². The zero-order chi connectivity index (χ0) is 18.8. The third kappa shape index (κ3) is 6.20. The van der Waals surface area contributed by atoms with Gasteiger partial charge in [-0.3, -0.25) is 29.0 Å². The average Bonchev–Trinajstić information content (AvgIpc) is 3.11. The molecule has 0 saturated carbocycles. The molecule has 0 aromatic carbocycles. The molecule has 2 aliphatic rings. The summed E-state index contributed by atoms with van der Waals surface area (Å²) in [7, 11) is 0. The van der Waals surface area contributed by atoms with Crippen molar-refractivity contribution in [3.05, 3.63) is 24.3 Å². The van der Waals surface area contributed by atoms with E-state index in [4.69, 9.17) is 9.47 Å². The molecule has 26 heavy (non-hydrogen) atoms. The Kier molecular flexibility index (Phi) is 8.17. The first kappa shape index (κ1) is 20.0. The lowest BCUT2D eigenvalue weighted by atomic mass is 10.3.